The number of rotatable bonds is 3. The summed E-state index contributed by atoms with van der Waals surface area (Å²) < 4.78 is 10.5. The molecule has 18 heavy (non-hydrogen) atoms. The van der Waals surface area contributed by atoms with E-state index in [0.717, 1.165) is 0 Å². The first-order valence-electron chi connectivity index (χ1n) is 5.18. The molecule has 0 bridgehead atoms. The van der Waals surface area contributed by atoms with Crippen molar-refractivity contribution in [3.8, 4) is 5.82 Å². The van der Waals surface area contributed by atoms with Crippen LogP contribution in [0.5, 0.6) is 0 Å². The molecule has 0 radical (unpaired) electrons. The molecule has 2 N–H and O–H groups in total. The lowest BCUT2D eigenvalue weighted by Gasteiger charge is -2.07. The Bertz CT molecular complexity index is 573. The third-order valence-electron chi connectivity index (χ3n) is 2.33. The highest BCUT2D eigenvalue weighted by molar-refractivity contribution is 5.88. The number of aromatic nitrogens is 5. The maximum Gasteiger partial charge on any atom is 0.360 e. The van der Waals surface area contributed by atoms with Gasteiger partial charge in [0.05, 0.1) is 12.8 Å². The molecule has 0 aliphatic heterocycles. The minimum Gasteiger partial charge on any atom is -0.464 e. The van der Waals surface area contributed by atoms with Crippen molar-refractivity contribution in [2.75, 3.05) is 12.8 Å². The van der Waals surface area contributed by atoms with Crippen LogP contribution in [-0.2, 0) is 4.74 Å². The van der Waals surface area contributed by atoms with Crippen LogP contribution >= 0.6 is 0 Å². The molecule has 2 rings (SSSR count). The average Bonchev–Trinajstić information content (AvgIpc) is 2.93. The highest BCUT2D eigenvalue weighted by Gasteiger charge is 2.26. The van der Waals surface area contributed by atoms with E-state index in [1.807, 2.05) is 13.8 Å². The molecule has 96 valence electrons. The summed E-state index contributed by atoms with van der Waals surface area (Å²) in [5.41, 5.74) is 6.24. The molecule has 0 saturated carbocycles. The molecule has 0 unspecified atom stereocenters. The number of esters is 1. The molecule has 0 saturated heterocycles. The fraction of sp³-hybridized carbons (Fsp3) is 0.444. The number of methoxy groups -OCH3 is 1. The summed E-state index contributed by atoms with van der Waals surface area (Å²) in [5, 5.41) is 14.7. The number of ether oxygens (including phenoxy) is 1. The number of hydrogen-bond donors (Lipinski definition) is 1. The fourth-order valence-electron chi connectivity index (χ4n) is 1.54. The zero-order valence-corrected chi connectivity index (χ0v) is 10.1. The number of anilines is 1. The molecule has 0 atom stereocenters. The van der Waals surface area contributed by atoms with Crippen LogP contribution in [-0.4, -0.2) is 38.4 Å². The van der Waals surface area contributed by atoms with Crippen LogP contribution in [0, 0.1) is 0 Å². The third-order valence-corrected chi connectivity index (χ3v) is 2.33. The largest absolute Gasteiger partial charge is 0.464 e. The first-order chi connectivity index (χ1) is 8.56. The van der Waals surface area contributed by atoms with E-state index in [1.165, 1.54) is 11.8 Å². The maximum atomic E-state index is 11.6. The summed E-state index contributed by atoms with van der Waals surface area (Å²) >= 11 is 0. The highest BCUT2D eigenvalue weighted by atomic mass is 16.6. The van der Waals surface area contributed by atoms with Crippen LogP contribution in [0.4, 0.5) is 5.82 Å². The zero-order chi connectivity index (χ0) is 13.3. The van der Waals surface area contributed by atoms with E-state index in [9.17, 15) is 4.79 Å². The lowest BCUT2D eigenvalue weighted by Crippen LogP contribution is -2.11. The second kappa shape index (κ2) is 4.43. The van der Waals surface area contributed by atoms with Gasteiger partial charge in [0.25, 0.3) is 0 Å². The Hall–Kier alpha value is -2.45. The van der Waals surface area contributed by atoms with Gasteiger partial charge in [-0.3, -0.25) is 0 Å². The number of hydrogen-bond acceptors (Lipinski definition) is 8. The number of nitrogens with two attached hydrogens (primary N) is 1. The van der Waals surface area contributed by atoms with Crippen molar-refractivity contribution in [3.05, 3.63) is 11.4 Å². The summed E-state index contributed by atoms with van der Waals surface area (Å²) in [7, 11) is 1.28. The summed E-state index contributed by atoms with van der Waals surface area (Å²) in [5.74, 6) is -0.343. The second-order valence-electron chi connectivity index (χ2n) is 3.85. The van der Waals surface area contributed by atoms with Crippen molar-refractivity contribution in [2.24, 2.45) is 0 Å². The molecule has 2 aromatic heterocycles. The molecule has 0 aromatic carbocycles. The van der Waals surface area contributed by atoms with Crippen molar-refractivity contribution >= 4 is 11.8 Å². The van der Waals surface area contributed by atoms with Gasteiger partial charge in [0.15, 0.2) is 5.69 Å². The maximum absolute atomic E-state index is 11.6. The first-order valence-corrected chi connectivity index (χ1v) is 5.18. The molecule has 9 heteroatoms. The van der Waals surface area contributed by atoms with E-state index in [4.69, 9.17) is 5.73 Å². The van der Waals surface area contributed by atoms with Crippen molar-refractivity contribution < 1.29 is 14.2 Å². The molecule has 0 aliphatic carbocycles. The Labute approximate surface area is 102 Å². The topological polar surface area (TPSA) is 122 Å². The van der Waals surface area contributed by atoms with Gasteiger partial charge in [-0.05, 0) is 16.2 Å². The Kier molecular flexibility index (Phi) is 2.96. The normalized spacial score (nSPS) is 10.9. The van der Waals surface area contributed by atoms with Gasteiger partial charge in [-0.15, -0.1) is 5.10 Å². The van der Waals surface area contributed by atoms with Crippen molar-refractivity contribution in [2.45, 2.75) is 19.8 Å². The predicted molar refractivity (Wildman–Crippen MR) is 59.1 cm³/mol. The number of carbonyl (C=O) groups is 1. The standard InChI is InChI=1S/C9H12N6O3/c1-4(2)6-5(9(16)17-3)11-14-15(6)8-7(10)12-18-13-8/h4H,1-3H3,(H2,10,12). The van der Waals surface area contributed by atoms with Gasteiger partial charge in [-0.2, -0.15) is 4.68 Å². The van der Waals surface area contributed by atoms with Crippen molar-refractivity contribution in [1.82, 2.24) is 25.3 Å². The highest BCUT2D eigenvalue weighted by Crippen LogP contribution is 2.22. The van der Waals surface area contributed by atoms with Crippen LogP contribution in [0.3, 0.4) is 0 Å². The SMILES string of the molecule is COC(=O)c1nnn(-c2nonc2N)c1C(C)C. The minimum atomic E-state index is -0.569. The third kappa shape index (κ3) is 1.79. The van der Waals surface area contributed by atoms with Crippen LogP contribution in [0.2, 0.25) is 0 Å². The zero-order valence-electron chi connectivity index (χ0n) is 10.1. The van der Waals surface area contributed by atoms with Gasteiger partial charge in [0, 0.05) is 0 Å². The second-order valence-corrected chi connectivity index (χ2v) is 3.85. The van der Waals surface area contributed by atoms with Gasteiger partial charge in [-0.1, -0.05) is 19.1 Å². The molecule has 0 aliphatic rings. The Balaban J connectivity index is 2.60. The van der Waals surface area contributed by atoms with Crippen LogP contribution in [0.25, 0.3) is 5.82 Å². The van der Waals surface area contributed by atoms with E-state index in [2.05, 4.69) is 30.0 Å². The number of carbonyl (C=O) groups excluding carboxylic acids is 1. The smallest absolute Gasteiger partial charge is 0.360 e. The van der Waals surface area contributed by atoms with Crippen LogP contribution in [0.1, 0.15) is 35.9 Å². The quantitative estimate of drug-likeness (QED) is 0.765. The summed E-state index contributed by atoms with van der Waals surface area (Å²) in [4.78, 5) is 11.6. The Morgan fingerprint density at radius 2 is 2.17 bits per heavy atom. The van der Waals surface area contributed by atoms with Crippen LogP contribution in [0.15, 0.2) is 4.63 Å². The fourth-order valence-corrected chi connectivity index (χ4v) is 1.54. The Morgan fingerprint density at radius 1 is 1.44 bits per heavy atom. The van der Waals surface area contributed by atoms with E-state index < -0.39 is 5.97 Å². The Morgan fingerprint density at radius 3 is 2.67 bits per heavy atom. The lowest BCUT2D eigenvalue weighted by atomic mass is 10.1. The molecular weight excluding hydrogens is 240 g/mol. The molecule has 2 aromatic rings. The molecule has 0 spiro atoms. The van der Waals surface area contributed by atoms with E-state index in [1.54, 1.807) is 0 Å². The van der Waals surface area contributed by atoms with Crippen LogP contribution < -0.4 is 5.73 Å². The van der Waals surface area contributed by atoms with E-state index in [0.29, 0.717) is 5.69 Å². The lowest BCUT2D eigenvalue weighted by molar-refractivity contribution is 0.0592. The van der Waals surface area contributed by atoms with E-state index >= 15 is 0 Å². The van der Waals surface area contributed by atoms with Gasteiger partial charge in [0.1, 0.15) is 0 Å². The molecule has 0 amide bonds. The van der Waals surface area contributed by atoms with Gasteiger partial charge >= 0.3 is 5.97 Å². The number of nitrogen functional groups attached to an aromatic ring is 1. The summed E-state index contributed by atoms with van der Waals surface area (Å²) in [6.45, 7) is 3.76. The summed E-state index contributed by atoms with van der Waals surface area (Å²) in [6.07, 6.45) is 0. The van der Waals surface area contributed by atoms with Crippen molar-refractivity contribution in [3.63, 3.8) is 0 Å². The van der Waals surface area contributed by atoms with Gasteiger partial charge in [-0.25, -0.2) is 9.42 Å². The van der Waals surface area contributed by atoms with Gasteiger partial charge in [0.2, 0.25) is 11.6 Å². The summed E-state index contributed by atoms with van der Waals surface area (Å²) in [6, 6.07) is 0. The monoisotopic (exact) mass is 252 g/mol. The molecule has 9 nitrogen and oxygen atoms in total. The molecule has 2 heterocycles. The molecule has 0 fully saturated rings. The molecular formula is C9H12N6O3. The average molecular weight is 252 g/mol. The number of nitrogens with zero attached hydrogens (tertiary/aromatic N) is 5. The van der Waals surface area contributed by atoms with Crippen molar-refractivity contribution in [1.29, 1.82) is 0 Å². The van der Waals surface area contributed by atoms with E-state index in [-0.39, 0.29) is 23.2 Å². The first kappa shape index (κ1) is 12.0. The minimum absolute atomic E-state index is 0.0369. The van der Waals surface area contributed by atoms with Gasteiger partial charge < -0.3 is 10.5 Å². The predicted octanol–water partition coefficient (Wildman–Crippen LogP) is 0.142.